The van der Waals surface area contributed by atoms with Crippen molar-refractivity contribution in [3.8, 4) is 17.1 Å². The van der Waals surface area contributed by atoms with E-state index in [0.29, 0.717) is 12.4 Å². The third-order valence-electron chi connectivity index (χ3n) is 4.85. The fourth-order valence-electron chi connectivity index (χ4n) is 3.25. The summed E-state index contributed by atoms with van der Waals surface area (Å²) in [5.41, 5.74) is 4.36. The van der Waals surface area contributed by atoms with Gasteiger partial charge < -0.3 is 9.64 Å². The summed E-state index contributed by atoms with van der Waals surface area (Å²) in [6, 6.07) is 24.6. The number of halogens is 1. The molecule has 0 saturated heterocycles. The van der Waals surface area contributed by atoms with Crippen molar-refractivity contribution in [1.29, 1.82) is 0 Å². The summed E-state index contributed by atoms with van der Waals surface area (Å²) < 4.78 is 7.19. The number of aromatic amines is 1. The van der Waals surface area contributed by atoms with Gasteiger partial charge in [-0.1, -0.05) is 46.3 Å². The Bertz CT molecular complexity index is 1070. The van der Waals surface area contributed by atoms with Crippen molar-refractivity contribution in [2.75, 3.05) is 11.4 Å². The minimum absolute atomic E-state index is 0.543. The number of benzene rings is 3. The van der Waals surface area contributed by atoms with E-state index < -0.39 is 0 Å². The third-order valence-corrected chi connectivity index (χ3v) is 5.35. The first kappa shape index (κ1) is 20.1. The summed E-state index contributed by atoms with van der Waals surface area (Å²) in [7, 11) is 0. The van der Waals surface area contributed by atoms with Crippen LogP contribution in [0.1, 0.15) is 18.1 Å². The molecule has 0 radical (unpaired) electrons. The monoisotopic (exact) mass is 463 g/mol. The average Bonchev–Trinajstić information content (AvgIpc) is 3.33. The molecule has 4 rings (SSSR count). The number of hydrogen-bond donors (Lipinski definition) is 1. The maximum absolute atomic E-state index is 6.15. The topological polar surface area (TPSA) is 66.9 Å². The van der Waals surface area contributed by atoms with E-state index in [1.165, 1.54) is 0 Å². The van der Waals surface area contributed by atoms with E-state index in [2.05, 4.69) is 78.7 Å². The molecule has 1 heterocycles. The predicted octanol–water partition coefficient (Wildman–Crippen LogP) is 5.23. The van der Waals surface area contributed by atoms with Gasteiger partial charge in [-0.25, -0.2) is 5.10 Å². The Morgan fingerprint density at radius 3 is 2.50 bits per heavy atom. The van der Waals surface area contributed by atoms with Crippen LogP contribution in [0.3, 0.4) is 0 Å². The Morgan fingerprint density at radius 2 is 1.80 bits per heavy atom. The molecule has 152 valence electrons. The molecule has 6 nitrogen and oxygen atoms in total. The van der Waals surface area contributed by atoms with Crippen molar-refractivity contribution >= 4 is 21.6 Å². The molecule has 0 saturated carbocycles. The van der Waals surface area contributed by atoms with Crippen LogP contribution in [0, 0.1) is 0 Å². The lowest BCUT2D eigenvalue weighted by molar-refractivity contribution is 0.302. The number of tetrazole rings is 1. The first-order chi connectivity index (χ1) is 14.7. The van der Waals surface area contributed by atoms with Gasteiger partial charge in [-0.3, -0.25) is 0 Å². The highest BCUT2D eigenvalue weighted by molar-refractivity contribution is 9.10. The Hall–Kier alpha value is -3.19. The predicted molar refractivity (Wildman–Crippen MR) is 121 cm³/mol. The molecule has 0 amide bonds. The first-order valence-corrected chi connectivity index (χ1v) is 10.6. The number of rotatable bonds is 8. The van der Waals surface area contributed by atoms with Crippen LogP contribution in [0.15, 0.2) is 77.3 Å². The first-order valence-electron chi connectivity index (χ1n) is 9.77. The van der Waals surface area contributed by atoms with E-state index in [0.717, 1.165) is 45.7 Å². The van der Waals surface area contributed by atoms with Gasteiger partial charge in [0.15, 0.2) is 5.82 Å². The summed E-state index contributed by atoms with van der Waals surface area (Å²) in [4.78, 5) is 2.31. The molecule has 7 heteroatoms. The number of ether oxygens (including phenoxy) is 1. The van der Waals surface area contributed by atoms with Crippen LogP contribution in [0.5, 0.6) is 5.75 Å². The van der Waals surface area contributed by atoms with Crippen LogP contribution in [-0.4, -0.2) is 27.2 Å². The molecule has 1 N–H and O–H groups in total. The van der Waals surface area contributed by atoms with Crippen molar-refractivity contribution < 1.29 is 4.74 Å². The number of nitrogens with one attached hydrogen (secondary N) is 1. The quantitative estimate of drug-likeness (QED) is 0.387. The Balaban J connectivity index is 1.52. The number of H-pyrrole nitrogens is 1. The Kier molecular flexibility index (Phi) is 6.39. The van der Waals surface area contributed by atoms with Gasteiger partial charge in [0.25, 0.3) is 0 Å². The van der Waals surface area contributed by atoms with E-state index in [1.54, 1.807) is 0 Å². The Labute approximate surface area is 184 Å². The van der Waals surface area contributed by atoms with Crippen molar-refractivity contribution in [1.82, 2.24) is 20.6 Å². The number of hydrogen-bond acceptors (Lipinski definition) is 5. The smallest absolute Gasteiger partial charge is 0.179 e. The summed E-state index contributed by atoms with van der Waals surface area (Å²) in [6.45, 7) is 4.30. The molecule has 0 bridgehead atoms. The highest BCUT2D eigenvalue weighted by atomic mass is 79.9. The minimum Gasteiger partial charge on any atom is -0.489 e. The minimum atomic E-state index is 0.543. The van der Waals surface area contributed by atoms with Gasteiger partial charge >= 0.3 is 0 Å². The average molecular weight is 464 g/mol. The maximum atomic E-state index is 6.15. The molecule has 3 aromatic carbocycles. The van der Waals surface area contributed by atoms with Gasteiger partial charge in [0.05, 0.1) is 0 Å². The van der Waals surface area contributed by atoms with Gasteiger partial charge in [-0.2, -0.15) is 0 Å². The second-order valence-corrected chi connectivity index (χ2v) is 7.75. The van der Waals surface area contributed by atoms with Gasteiger partial charge in [0, 0.05) is 34.4 Å². The summed E-state index contributed by atoms with van der Waals surface area (Å²) >= 11 is 3.60. The van der Waals surface area contributed by atoms with Crippen molar-refractivity contribution in [2.24, 2.45) is 0 Å². The fraction of sp³-hybridized carbons (Fsp3) is 0.174. The highest BCUT2D eigenvalue weighted by Crippen LogP contribution is 2.28. The van der Waals surface area contributed by atoms with E-state index in [-0.39, 0.29) is 0 Å². The highest BCUT2D eigenvalue weighted by Gasteiger charge is 2.12. The molecule has 0 fully saturated rings. The van der Waals surface area contributed by atoms with Gasteiger partial charge in [0.1, 0.15) is 12.4 Å². The zero-order valence-electron chi connectivity index (χ0n) is 16.6. The molecular weight excluding hydrogens is 442 g/mol. The Morgan fingerprint density at radius 1 is 1.00 bits per heavy atom. The zero-order chi connectivity index (χ0) is 20.8. The molecule has 30 heavy (non-hydrogen) atoms. The van der Waals surface area contributed by atoms with E-state index in [9.17, 15) is 0 Å². The maximum Gasteiger partial charge on any atom is 0.179 e. The number of anilines is 1. The van der Waals surface area contributed by atoms with Crippen LogP contribution in [0.2, 0.25) is 0 Å². The van der Waals surface area contributed by atoms with E-state index in [1.807, 2.05) is 42.5 Å². The molecule has 1 aromatic heterocycles. The second kappa shape index (κ2) is 9.54. The summed E-state index contributed by atoms with van der Waals surface area (Å²) in [5.74, 6) is 1.55. The molecule has 4 aromatic rings. The van der Waals surface area contributed by atoms with Gasteiger partial charge in [0.2, 0.25) is 0 Å². The van der Waals surface area contributed by atoms with E-state index >= 15 is 0 Å². The molecule has 0 aliphatic rings. The lowest BCUT2D eigenvalue weighted by atomic mass is 10.1. The van der Waals surface area contributed by atoms with Crippen LogP contribution in [0.4, 0.5) is 5.69 Å². The normalized spacial score (nSPS) is 10.7. The fourth-order valence-corrected chi connectivity index (χ4v) is 3.66. The lowest BCUT2D eigenvalue weighted by Gasteiger charge is -2.25. The molecule has 0 atom stereocenters. The SMILES string of the molecule is CCN(Cc1cc(Br)ccc1OCc1ccccc1)c1ccc(-c2nnn[nH]2)cc1. The van der Waals surface area contributed by atoms with Gasteiger partial charge in [-0.15, -0.1) is 5.10 Å². The summed E-state index contributed by atoms with van der Waals surface area (Å²) in [6.07, 6.45) is 0. The molecule has 0 spiro atoms. The van der Waals surface area contributed by atoms with Crippen molar-refractivity contribution in [2.45, 2.75) is 20.1 Å². The zero-order valence-corrected chi connectivity index (χ0v) is 18.2. The molecular formula is C23H22BrN5O. The largest absolute Gasteiger partial charge is 0.489 e. The third kappa shape index (κ3) is 4.86. The van der Waals surface area contributed by atoms with Crippen LogP contribution in [-0.2, 0) is 13.2 Å². The molecule has 0 aliphatic carbocycles. The number of nitrogens with zero attached hydrogens (tertiary/aromatic N) is 4. The van der Waals surface area contributed by atoms with Crippen LogP contribution in [0.25, 0.3) is 11.4 Å². The standard InChI is InChI=1S/C23H22BrN5O/c1-2-29(21-11-8-18(9-12-21)23-25-27-28-26-23)15-19-14-20(24)10-13-22(19)30-16-17-6-4-3-5-7-17/h3-14H,2,15-16H2,1H3,(H,25,26,27,28). The van der Waals surface area contributed by atoms with Crippen LogP contribution >= 0.6 is 15.9 Å². The second-order valence-electron chi connectivity index (χ2n) is 6.84. The van der Waals surface area contributed by atoms with Gasteiger partial charge in [-0.05, 0) is 65.4 Å². The van der Waals surface area contributed by atoms with Crippen molar-refractivity contribution in [3.05, 3.63) is 88.4 Å². The molecule has 0 unspecified atom stereocenters. The van der Waals surface area contributed by atoms with E-state index in [4.69, 9.17) is 4.74 Å². The lowest BCUT2D eigenvalue weighted by Crippen LogP contribution is -2.22. The molecule has 0 aliphatic heterocycles. The van der Waals surface area contributed by atoms with Crippen molar-refractivity contribution in [3.63, 3.8) is 0 Å². The summed E-state index contributed by atoms with van der Waals surface area (Å²) in [5, 5.41) is 14.0. The van der Waals surface area contributed by atoms with Crippen LogP contribution < -0.4 is 9.64 Å². The number of aromatic nitrogens is 4.